The van der Waals surface area contributed by atoms with E-state index in [4.69, 9.17) is 0 Å². The minimum absolute atomic E-state index is 0.0907. The lowest BCUT2D eigenvalue weighted by atomic mass is 9.83. The van der Waals surface area contributed by atoms with Crippen LogP contribution in [0.5, 0.6) is 0 Å². The molecule has 168 valence electrons. The Morgan fingerprint density at radius 2 is 2.00 bits per heavy atom. The number of nitrogens with zero attached hydrogens (tertiary/aromatic N) is 2. The molecule has 0 aliphatic carbocycles. The van der Waals surface area contributed by atoms with E-state index in [9.17, 15) is 19.8 Å². The van der Waals surface area contributed by atoms with E-state index in [2.05, 4.69) is 15.9 Å². The molecule has 2 heterocycles. The molecular formula is C25H27BrN2O4. The number of hydrogen-bond acceptors (Lipinski definition) is 4. The number of fused-ring (bicyclic) bond motifs is 2. The average molecular weight is 499 g/mol. The van der Waals surface area contributed by atoms with E-state index in [1.54, 1.807) is 43.2 Å². The van der Waals surface area contributed by atoms with Crippen molar-refractivity contribution in [2.24, 2.45) is 5.92 Å². The van der Waals surface area contributed by atoms with Crippen molar-refractivity contribution in [3.05, 3.63) is 75.8 Å². The summed E-state index contributed by atoms with van der Waals surface area (Å²) in [6.07, 6.45) is 4.20. The molecule has 0 aromatic heterocycles. The van der Waals surface area contributed by atoms with Gasteiger partial charge in [-0.1, -0.05) is 59.3 Å². The minimum atomic E-state index is -1.69. The summed E-state index contributed by atoms with van der Waals surface area (Å²) < 4.78 is 0.782. The van der Waals surface area contributed by atoms with Crippen LogP contribution in [0, 0.1) is 5.92 Å². The fourth-order valence-electron chi connectivity index (χ4n) is 4.70. The van der Waals surface area contributed by atoms with Gasteiger partial charge in [0.1, 0.15) is 0 Å². The van der Waals surface area contributed by atoms with Gasteiger partial charge in [-0.25, -0.2) is 0 Å². The van der Waals surface area contributed by atoms with E-state index in [0.29, 0.717) is 24.2 Å². The Balaban J connectivity index is 1.49. The highest BCUT2D eigenvalue weighted by atomic mass is 79.9. The minimum Gasteiger partial charge on any atom is -0.394 e. The van der Waals surface area contributed by atoms with Crippen LogP contribution in [0.1, 0.15) is 30.0 Å². The van der Waals surface area contributed by atoms with Crippen molar-refractivity contribution in [2.45, 2.75) is 38.0 Å². The number of likely N-dealkylation sites (N-methyl/N-ethyl adjacent to an activating group) is 1. The van der Waals surface area contributed by atoms with Gasteiger partial charge in [0, 0.05) is 36.0 Å². The fraction of sp³-hybridized carbons (Fsp3) is 0.360. The first kappa shape index (κ1) is 22.7. The summed E-state index contributed by atoms with van der Waals surface area (Å²) in [7, 11) is 1.65. The summed E-state index contributed by atoms with van der Waals surface area (Å²) in [5.74, 6) is -1.01. The lowest BCUT2D eigenvalue weighted by molar-refractivity contribution is -0.139. The van der Waals surface area contributed by atoms with Crippen LogP contribution in [-0.4, -0.2) is 46.6 Å². The third-order valence-electron chi connectivity index (χ3n) is 6.62. The van der Waals surface area contributed by atoms with E-state index in [1.807, 2.05) is 30.3 Å². The maximum atomic E-state index is 12.9. The molecule has 2 aromatic rings. The molecule has 0 saturated heterocycles. The van der Waals surface area contributed by atoms with Crippen LogP contribution in [0.15, 0.2) is 59.1 Å². The summed E-state index contributed by atoms with van der Waals surface area (Å²) in [6.45, 7) is 2.15. The zero-order chi connectivity index (χ0) is 23.0. The van der Waals surface area contributed by atoms with Gasteiger partial charge in [-0.3, -0.25) is 9.59 Å². The third-order valence-corrected chi connectivity index (χ3v) is 7.12. The van der Waals surface area contributed by atoms with Crippen molar-refractivity contribution in [2.75, 3.05) is 18.6 Å². The Hall–Kier alpha value is -2.48. The molecule has 2 aliphatic heterocycles. The predicted octanol–water partition coefficient (Wildman–Crippen LogP) is 3.14. The number of aliphatic hydroxyl groups is 2. The molecule has 2 aromatic carbocycles. The van der Waals surface area contributed by atoms with Crippen molar-refractivity contribution in [3.63, 3.8) is 0 Å². The number of aliphatic hydroxyl groups excluding tert-OH is 1. The summed E-state index contributed by atoms with van der Waals surface area (Å²) in [5, 5.41) is 21.2. The monoisotopic (exact) mass is 498 g/mol. The molecule has 0 bridgehead atoms. The molecule has 2 amide bonds. The van der Waals surface area contributed by atoms with Crippen molar-refractivity contribution in [1.29, 1.82) is 0 Å². The van der Waals surface area contributed by atoms with Crippen molar-refractivity contribution in [3.8, 4) is 0 Å². The van der Waals surface area contributed by atoms with Crippen molar-refractivity contribution in [1.82, 2.24) is 4.90 Å². The van der Waals surface area contributed by atoms with Crippen LogP contribution in [0.4, 0.5) is 5.69 Å². The molecule has 0 saturated carbocycles. The van der Waals surface area contributed by atoms with Gasteiger partial charge in [-0.2, -0.15) is 0 Å². The SMILES string of the molecule is C[C@@H](/C=C/CC(=O)N1Cc2ccccc2C[C@H]1CO)[C@]1(O)C(=O)N(C)c2ccc(Br)cc21. The number of amides is 2. The van der Waals surface area contributed by atoms with Gasteiger partial charge in [0.15, 0.2) is 5.60 Å². The summed E-state index contributed by atoms with van der Waals surface area (Å²) in [5.41, 5.74) is 1.80. The first-order valence-corrected chi connectivity index (χ1v) is 11.5. The smallest absolute Gasteiger partial charge is 0.264 e. The molecule has 0 unspecified atom stereocenters. The van der Waals surface area contributed by atoms with Gasteiger partial charge >= 0.3 is 0 Å². The first-order chi connectivity index (χ1) is 15.3. The molecule has 4 rings (SSSR count). The normalized spacial score (nSPS) is 23.4. The van der Waals surface area contributed by atoms with Gasteiger partial charge in [0.2, 0.25) is 5.91 Å². The maximum absolute atomic E-state index is 12.9. The van der Waals surface area contributed by atoms with Gasteiger partial charge in [0.05, 0.1) is 18.3 Å². The number of rotatable bonds is 5. The fourth-order valence-corrected chi connectivity index (χ4v) is 5.06. The molecule has 2 aliphatic rings. The van der Waals surface area contributed by atoms with E-state index < -0.39 is 11.5 Å². The quantitative estimate of drug-likeness (QED) is 0.620. The standard InChI is InChI=1S/C25H27BrN2O4/c1-16(25(32)21-13-19(26)10-11-22(21)27(2)24(25)31)6-5-9-23(30)28-14-18-8-4-3-7-17(18)12-20(28)15-29/h3-8,10-11,13,16,20,29,32H,9,12,14-15H2,1-2H3/b6-5+/t16-,20-,25+/m0/s1. The van der Waals surface area contributed by atoms with Crippen LogP contribution >= 0.6 is 15.9 Å². The summed E-state index contributed by atoms with van der Waals surface area (Å²) in [6, 6.07) is 13.1. The van der Waals surface area contributed by atoms with E-state index in [-0.39, 0.29) is 30.9 Å². The molecule has 0 fully saturated rings. The number of carbonyl (C=O) groups excluding carboxylic acids is 2. The largest absolute Gasteiger partial charge is 0.394 e. The van der Waals surface area contributed by atoms with Crippen LogP contribution < -0.4 is 4.90 Å². The second-order valence-corrected chi connectivity index (χ2v) is 9.46. The summed E-state index contributed by atoms with van der Waals surface area (Å²) in [4.78, 5) is 29.0. The van der Waals surface area contributed by atoms with Gasteiger partial charge < -0.3 is 20.0 Å². The second kappa shape index (κ2) is 8.81. The van der Waals surface area contributed by atoms with Crippen molar-refractivity contribution < 1.29 is 19.8 Å². The number of halogens is 1. The highest BCUT2D eigenvalue weighted by Gasteiger charge is 2.51. The second-order valence-electron chi connectivity index (χ2n) is 8.54. The average Bonchev–Trinajstić information content (AvgIpc) is 2.99. The molecule has 7 heteroatoms. The third kappa shape index (κ3) is 3.78. The van der Waals surface area contributed by atoms with Crippen LogP contribution in [0.3, 0.4) is 0 Å². The van der Waals surface area contributed by atoms with Crippen LogP contribution in [0.25, 0.3) is 0 Å². The van der Waals surface area contributed by atoms with Crippen molar-refractivity contribution >= 4 is 33.4 Å². The zero-order valence-electron chi connectivity index (χ0n) is 18.2. The topological polar surface area (TPSA) is 81.1 Å². The highest BCUT2D eigenvalue weighted by molar-refractivity contribution is 9.10. The molecule has 6 nitrogen and oxygen atoms in total. The zero-order valence-corrected chi connectivity index (χ0v) is 19.7. The number of benzene rings is 2. The number of carbonyl (C=O) groups is 2. The molecule has 0 spiro atoms. The molecule has 3 atom stereocenters. The lowest BCUT2D eigenvalue weighted by Gasteiger charge is -2.36. The molecule has 32 heavy (non-hydrogen) atoms. The van der Waals surface area contributed by atoms with E-state index in [0.717, 1.165) is 15.6 Å². The Bertz CT molecular complexity index is 1090. The number of hydrogen-bond donors (Lipinski definition) is 2. The van der Waals surface area contributed by atoms with E-state index >= 15 is 0 Å². The first-order valence-electron chi connectivity index (χ1n) is 10.7. The van der Waals surface area contributed by atoms with Gasteiger partial charge in [0.25, 0.3) is 5.91 Å². The molecule has 2 N–H and O–H groups in total. The lowest BCUT2D eigenvalue weighted by Crippen LogP contribution is -2.46. The summed E-state index contributed by atoms with van der Waals surface area (Å²) >= 11 is 3.42. The maximum Gasteiger partial charge on any atom is 0.264 e. The van der Waals surface area contributed by atoms with Gasteiger partial charge in [-0.15, -0.1) is 0 Å². The number of anilines is 1. The Kier molecular flexibility index (Phi) is 6.25. The highest BCUT2D eigenvalue weighted by Crippen LogP contribution is 2.45. The molecular weight excluding hydrogens is 472 g/mol. The Morgan fingerprint density at radius 3 is 2.72 bits per heavy atom. The van der Waals surface area contributed by atoms with Crippen LogP contribution in [-0.2, 0) is 28.2 Å². The van der Waals surface area contributed by atoms with Gasteiger partial charge in [-0.05, 0) is 35.7 Å². The predicted molar refractivity (Wildman–Crippen MR) is 126 cm³/mol. The van der Waals surface area contributed by atoms with E-state index in [1.165, 1.54) is 4.90 Å². The van der Waals surface area contributed by atoms with Crippen LogP contribution in [0.2, 0.25) is 0 Å². The molecule has 0 radical (unpaired) electrons. The Labute approximate surface area is 196 Å². The Morgan fingerprint density at radius 1 is 1.28 bits per heavy atom.